The predicted molar refractivity (Wildman–Crippen MR) is 93.3 cm³/mol. The zero-order valence-corrected chi connectivity index (χ0v) is 14.1. The van der Waals surface area contributed by atoms with E-state index in [4.69, 9.17) is 21.7 Å². The summed E-state index contributed by atoms with van der Waals surface area (Å²) in [4.78, 5) is 11.1. The molecule has 5 nitrogen and oxygen atoms in total. The van der Waals surface area contributed by atoms with Crippen LogP contribution in [0.5, 0.6) is 11.5 Å². The summed E-state index contributed by atoms with van der Waals surface area (Å²) in [5.41, 5.74) is 2.01. The highest BCUT2D eigenvalue weighted by atomic mass is 32.1. The maximum atomic E-state index is 10.5. The Morgan fingerprint density at radius 2 is 1.92 bits per heavy atom. The number of methoxy groups -OCH3 is 1. The van der Waals surface area contributed by atoms with E-state index in [1.54, 1.807) is 18.2 Å². The maximum Gasteiger partial charge on any atom is 0.161 e. The molecule has 0 heterocycles. The van der Waals surface area contributed by atoms with Crippen LogP contribution in [-0.2, 0) is 11.2 Å². The van der Waals surface area contributed by atoms with Crippen LogP contribution in [0.15, 0.2) is 48.5 Å². The van der Waals surface area contributed by atoms with Crippen LogP contribution >= 0.6 is 12.2 Å². The van der Waals surface area contributed by atoms with Gasteiger partial charge in [-0.25, -0.2) is 0 Å². The largest absolute Gasteiger partial charge is 0.546 e. The Bertz CT molecular complexity index is 703. The van der Waals surface area contributed by atoms with E-state index < -0.39 is 12.6 Å². The number of hydrogen-bond acceptors (Lipinski definition) is 5. The molecule has 0 bridgehead atoms. The summed E-state index contributed by atoms with van der Waals surface area (Å²) in [6.07, 6.45) is 0.866. The van der Waals surface area contributed by atoms with Crippen LogP contribution < -0.4 is 19.9 Å². The summed E-state index contributed by atoms with van der Waals surface area (Å²) in [6.45, 7) is 0.184. The Kier molecular flexibility index (Phi) is 6.57. The molecule has 0 aliphatic carbocycles. The fourth-order valence-electron chi connectivity index (χ4n) is 2.13. The molecule has 2 rings (SSSR count). The molecule has 0 fully saturated rings. The number of carboxylic acids is 1. The van der Waals surface area contributed by atoms with Gasteiger partial charge in [0.15, 0.2) is 11.5 Å². The van der Waals surface area contributed by atoms with Gasteiger partial charge in [0.25, 0.3) is 0 Å². The second-order valence-corrected chi connectivity index (χ2v) is 5.43. The minimum Gasteiger partial charge on any atom is -0.546 e. The number of ether oxygens (including phenoxy) is 2. The number of nitrogens with one attached hydrogen (secondary N) is 1. The molecule has 2 aromatic carbocycles. The molecule has 6 heteroatoms. The highest BCUT2D eigenvalue weighted by Crippen LogP contribution is 2.28. The third-order valence-electron chi connectivity index (χ3n) is 3.31. The first kappa shape index (κ1) is 17.7. The normalized spacial score (nSPS) is 10.0. The molecule has 0 amide bonds. The summed E-state index contributed by atoms with van der Waals surface area (Å²) in [5, 5.41) is 13.7. The monoisotopic (exact) mass is 344 g/mol. The second-order valence-electron chi connectivity index (χ2n) is 5.02. The van der Waals surface area contributed by atoms with E-state index in [0.29, 0.717) is 23.0 Å². The van der Waals surface area contributed by atoms with Gasteiger partial charge < -0.3 is 24.7 Å². The number of aliphatic carboxylic acids is 1. The van der Waals surface area contributed by atoms with Gasteiger partial charge in [0, 0.05) is 12.1 Å². The van der Waals surface area contributed by atoms with E-state index in [2.05, 4.69) is 17.4 Å². The van der Waals surface area contributed by atoms with Crippen LogP contribution in [0, 0.1) is 0 Å². The Balaban J connectivity index is 1.95. The Morgan fingerprint density at radius 1 is 1.17 bits per heavy atom. The Morgan fingerprint density at radius 3 is 2.58 bits per heavy atom. The first-order valence-electron chi connectivity index (χ1n) is 7.43. The van der Waals surface area contributed by atoms with Crippen LogP contribution in [-0.4, -0.2) is 31.2 Å². The van der Waals surface area contributed by atoms with E-state index in [-0.39, 0.29) is 0 Å². The van der Waals surface area contributed by atoms with Gasteiger partial charge in [0.1, 0.15) is 11.6 Å². The molecule has 0 aliphatic rings. The minimum absolute atomic E-state index is 0.331. The molecule has 0 saturated carbocycles. The smallest absolute Gasteiger partial charge is 0.161 e. The molecule has 0 atom stereocenters. The molecule has 2 aromatic rings. The van der Waals surface area contributed by atoms with Crippen molar-refractivity contribution in [3.63, 3.8) is 0 Å². The average molecular weight is 344 g/mol. The van der Waals surface area contributed by atoms with Crippen LogP contribution in [0.4, 0.5) is 0 Å². The lowest BCUT2D eigenvalue weighted by molar-refractivity contribution is -0.307. The summed E-state index contributed by atoms with van der Waals surface area (Å²) in [5.74, 6) is -0.544. The Labute approximate surface area is 146 Å². The van der Waals surface area contributed by atoms with Crippen LogP contribution in [0.25, 0.3) is 0 Å². The number of rotatable bonds is 8. The van der Waals surface area contributed by atoms with Gasteiger partial charge >= 0.3 is 0 Å². The summed E-state index contributed by atoms with van der Waals surface area (Å²) in [6, 6.07) is 15.2. The molecule has 0 aromatic heterocycles. The highest BCUT2D eigenvalue weighted by Gasteiger charge is 2.09. The van der Waals surface area contributed by atoms with Crippen molar-refractivity contribution in [2.45, 2.75) is 6.42 Å². The fourth-order valence-corrected chi connectivity index (χ4v) is 2.36. The van der Waals surface area contributed by atoms with E-state index in [0.717, 1.165) is 12.0 Å². The molecule has 0 radical (unpaired) electrons. The lowest BCUT2D eigenvalue weighted by Gasteiger charge is -2.14. The van der Waals surface area contributed by atoms with Gasteiger partial charge in [-0.1, -0.05) is 42.5 Å². The van der Waals surface area contributed by atoms with E-state index >= 15 is 0 Å². The third-order valence-corrected chi connectivity index (χ3v) is 3.69. The maximum absolute atomic E-state index is 10.5. The minimum atomic E-state index is -1.29. The third kappa shape index (κ3) is 5.24. The number of hydrogen-bond donors (Lipinski definition) is 1. The van der Waals surface area contributed by atoms with Gasteiger partial charge in [-0.3, -0.25) is 0 Å². The van der Waals surface area contributed by atoms with E-state index in [9.17, 15) is 9.90 Å². The van der Waals surface area contributed by atoms with Gasteiger partial charge in [0.05, 0.1) is 13.1 Å². The summed E-state index contributed by atoms with van der Waals surface area (Å²) in [7, 11) is 1.48. The lowest BCUT2D eigenvalue weighted by Crippen LogP contribution is -2.29. The molecule has 1 N–H and O–H groups in total. The zero-order valence-electron chi connectivity index (χ0n) is 13.3. The van der Waals surface area contributed by atoms with Gasteiger partial charge in [-0.2, -0.15) is 0 Å². The van der Waals surface area contributed by atoms with Crippen molar-refractivity contribution in [3.05, 3.63) is 59.7 Å². The lowest BCUT2D eigenvalue weighted by atomic mass is 10.1. The van der Waals surface area contributed by atoms with Crippen molar-refractivity contribution < 1.29 is 19.4 Å². The first-order valence-corrected chi connectivity index (χ1v) is 7.84. The SMILES string of the molecule is COc1cc(C(=S)NCCc2ccccc2)ccc1OCC(=O)[O-]. The Hall–Kier alpha value is -2.60. The van der Waals surface area contributed by atoms with Gasteiger partial charge in [-0.05, 0) is 30.2 Å². The van der Waals surface area contributed by atoms with Crippen molar-refractivity contribution in [2.75, 3.05) is 20.3 Å². The van der Waals surface area contributed by atoms with Crippen molar-refractivity contribution in [3.8, 4) is 11.5 Å². The van der Waals surface area contributed by atoms with Crippen LogP contribution in [0.2, 0.25) is 0 Å². The second kappa shape index (κ2) is 8.88. The fraction of sp³-hybridized carbons (Fsp3) is 0.222. The molecule has 126 valence electrons. The molecule has 0 aliphatic heterocycles. The molecule has 0 spiro atoms. The zero-order chi connectivity index (χ0) is 17.4. The van der Waals surface area contributed by atoms with Crippen molar-refractivity contribution >= 4 is 23.2 Å². The quantitative estimate of drug-likeness (QED) is 0.729. The van der Waals surface area contributed by atoms with Crippen LogP contribution in [0.1, 0.15) is 11.1 Å². The molecule has 0 unspecified atom stereocenters. The topological polar surface area (TPSA) is 70.6 Å². The van der Waals surface area contributed by atoms with E-state index in [1.165, 1.54) is 12.7 Å². The van der Waals surface area contributed by atoms with Crippen molar-refractivity contribution in [1.82, 2.24) is 5.32 Å². The van der Waals surface area contributed by atoms with Crippen molar-refractivity contribution in [1.29, 1.82) is 0 Å². The van der Waals surface area contributed by atoms with E-state index in [1.807, 2.05) is 18.2 Å². The number of thiocarbonyl (C=S) groups is 1. The van der Waals surface area contributed by atoms with Crippen LogP contribution in [0.3, 0.4) is 0 Å². The highest BCUT2D eigenvalue weighted by molar-refractivity contribution is 7.80. The summed E-state index contributed by atoms with van der Waals surface area (Å²) < 4.78 is 10.3. The molecule has 24 heavy (non-hydrogen) atoms. The van der Waals surface area contributed by atoms with Crippen molar-refractivity contribution in [2.24, 2.45) is 0 Å². The van der Waals surface area contributed by atoms with Gasteiger partial charge in [-0.15, -0.1) is 0 Å². The predicted octanol–water partition coefficient (Wildman–Crippen LogP) is 1.33. The van der Waals surface area contributed by atoms with Gasteiger partial charge in [0.2, 0.25) is 0 Å². The first-order chi connectivity index (χ1) is 11.6. The number of carbonyl (C=O) groups is 1. The number of carboxylic acid groups (broad SMARTS) is 1. The number of benzene rings is 2. The number of carbonyl (C=O) groups excluding carboxylic acids is 1. The average Bonchev–Trinajstić information content (AvgIpc) is 2.60. The molecular weight excluding hydrogens is 326 g/mol. The standard InChI is InChI=1S/C18H19NO4S/c1-22-16-11-14(7-8-15(16)23-12-17(20)21)18(24)19-10-9-13-5-3-2-4-6-13/h2-8,11H,9-10,12H2,1H3,(H,19,24)(H,20,21)/p-1. The molecule has 0 saturated heterocycles. The summed E-state index contributed by atoms with van der Waals surface area (Å²) >= 11 is 5.38. The molecular formula is C18H18NO4S-.